The number of phenols is 1. The fraction of sp³-hybridized carbons (Fsp3) is 0.353. The summed E-state index contributed by atoms with van der Waals surface area (Å²) in [5.41, 5.74) is 7.06. The van der Waals surface area contributed by atoms with Gasteiger partial charge in [0.15, 0.2) is 5.82 Å². The van der Waals surface area contributed by atoms with Crippen molar-refractivity contribution in [2.45, 2.75) is 26.3 Å². The minimum atomic E-state index is 0.322. The molecule has 6 rings (SSSR count). The number of rotatable bonds is 12. The Kier molecular flexibility index (Phi) is 9.04. The number of para-hydroxylation sites is 2. The standard InChI is InChI=1S/C34H41N6O/c1-26-25-40-31-11-5-4-10-30(31)37-34(33(40)32(26)28-8-2-3-9-28)36-17-7-19-39-22-20-38(21-23-39)18-6-16-35-24-27-12-14-29(41)15-13-27/h2-5,8-15,25,35,41H,6-7,16-24H2,1H3,(H,36,37). The van der Waals surface area contributed by atoms with Crippen molar-refractivity contribution in [3.8, 4) is 5.75 Å². The lowest BCUT2D eigenvalue weighted by molar-refractivity contribution is 0.131. The molecule has 7 nitrogen and oxygen atoms in total. The number of hydrogen-bond donors (Lipinski definition) is 3. The van der Waals surface area contributed by atoms with Crippen LogP contribution in [0, 0.1) is 38.5 Å². The maximum absolute atomic E-state index is 9.41. The van der Waals surface area contributed by atoms with Crippen molar-refractivity contribution in [1.82, 2.24) is 24.5 Å². The lowest BCUT2D eigenvalue weighted by Gasteiger charge is -2.34. The molecule has 2 aromatic heterocycles. The molecule has 0 atom stereocenters. The molecule has 0 unspecified atom stereocenters. The zero-order chi connectivity index (χ0) is 28.0. The van der Waals surface area contributed by atoms with Gasteiger partial charge in [0.05, 0.1) is 16.6 Å². The summed E-state index contributed by atoms with van der Waals surface area (Å²) >= 11 is 0. The van der Waals surface area contributed by atoms with E-state index in [0.29, 0.717) is 5.75 Å². The second-order valence-corrected chi connectivity index (χ2v) is 11.2. The molecule has 2 fully saturated rings. The lowest BCUT2D eigenvalue weighted by atomic mass is 9.95. The molecular weight excluding hydrogens is 508 g/mol. The largest absolute Gasteiger partial charge is 0.508 e. The summed E-state index contributed by atoms with van der Waals surface area (Å²) < 4.78 is 2.31. The average Bonchev–Trinajstić information content (AvgIpc) is 3.64. The molecule has 0 amide bonds. The molecule has 3 N–H and O–H groups in total. The van der Waals surface area contributed by atoms with E-state index in [1.807, 2.05) is 12.1 Å². The van der Waals surface area contributed by atoms with Crippen molar-refractivity contribution in [2.75, 3.05) is 57.7 Å². The van der Waals surface area contributed by atoms with Gasteiger partial charge < -0.3 is 29.9 Å². The van der Waals surface area contributed by atoms with Crippen LogP contribution < -0.4 is 10.6 Å². The van der Waals surface area contributed by atoms with E-state index in [4.69, 9.17) is 4.98 Å². The highest BCUT2D eigenvalue weighted by molar-refractivity contribution is 5.89. The lowest BCUT2D eigenvalue weighted by Crippen LogP contribution is -2.47. The van der Waals surface area contributed by atoms with Crippen LogP contribution >= 0.6 is 0 Å². The Bertz CT molecular complexity index is 1420. The van der Waals surface area contributed by atoms with Gasteiger partial charge in [0.1, 0.15) is 5.75 Å². The first kappa shape index (κ1) is 28.0. The summed E-state index contributed by atoms with van der Waals surface area (Å²) in [7, 11) is 0. The van der Waals surface area contributed by atoms with Crippen molar-refractivity contribution < 1.29 is 5.11 Å². The predicted octanol–water partition coefficient (Wildman–Crippen LogP) is 4.85. The first-order chi connectivity index (χ1) is 20.2. The second-order valence-electron chi connectivity index (χ2n) is 11.2. The van der Waals surface area contributed by atoms with Crippen LogP contribution in [0.15, 0.2) is 54.7 Å². The predicted molar refractivity (Wildman–Crippen MR) is 167 cm³/mol. The number of aryl methyl sites for hydroxylation is 1. The van der Waals surface area contributed by atoms with Crippen LogP contribution in [0.25, 0.3) is 16.6 Å². The zero-order valence-electron chi connectivity index (χ0n) is 24.0. The number of nitrogens with zero attached hydrogens (tertiary/aromatic N) is 4. The number of hydrogen-bond acceptors (Lipinski definition) is 6. The molecule has 7 heteroatoms. The van der Waals surface area contributed by atoms with Crippen LogP contribution in [0.2, 0.25) is 0 Å². The van der Waals surface area contributed by atoms with E-state index in [-0.39, 0.29) is 0 Å². The van der Waals surface area contributed by atoms with Crippen molar-refractivity contribution in [1.29, 1.82) is 0 Å². The van der Waals surface area contributed by atoms with Gasteiger partial charge in [0, 0.05) is 51.4 Å². The number of piperazine rings is 1. The van der Waals surface area contributed by atoms with Gasteiger partial charge in [-0.3, -0.25) is 0 Å². The smallest absolute Gasteiger partial charge is 0.151 e. The Morgan fingerprint density at radius 2 is 1.54 bits per heavy atom. The third kappa shape index (κ3) is 6.69. The number of fused-ring (bicyclic) bond motifs is 3. The summed E-state index contributed by atoms with van der Waals surface area (Å²) in [6.45, 7) is 11.8. The Balaban J connectivity index is 0.963. The average molecular weight is 550 g/mol. The van der Waals surface area contributed by atoms with Gasteiger partial charge >= 0.3 is 0 Å². The van der Waals surface area contributed by atoms with Crippen LogP contribution in [-0.4, -0.2) is 76.6 Å². The van der Waals surface area contributed by atoms with Crippen LogP contribution in [0.5, 0.6) is 5.75 Å². The van der Waals surface area contributed by atoms with Crippen LogP contribution in [0.1, 0.15) is 29.5 Å². The van der Waals surface area contributed by atoms with E-state index in [9.17, 15) is 5.11 Å². The Hall–Kier alpha value is -3.13. The molecule has 41 heavy (non-hydrogen) atoms. The maximum Gasteiger partial charge on any atom is 0.151 e. The van der Waals surface area contributed by atoms with E-state index in [1.165, 1.54) is 28.1 Å². The third-order valence-corrected chi connectivity index (χ3v) is 8.25. The number of aromatic nitrogens is 2. The minimum Gasteiger partial charge on any atom is -0.508 e. The SMILES string of the molecule is Cc1cn2c(c(NCCCN3CCN(CCCNCc4ccc(O)cc4)CC3)nc3ccccc32)c1[C]1[CH][CH][CH][CH]1. The summed E-state index contributed by atoms with van der Waals surface area (Å²) in [6.07, 6.45) is 13.1. The molecular formula is C34H41N6O. The number of nitrogens with one attached hydrogen (secondary N) is 2. The number of phenolic OH excluding ortho intramolecular Hbond substituents is 1. The highest BCUT2D eigenvalue weighted by Crippen LogP contribution is 2.39. The van der Waals surface area contributed by atoms with Gasteiger partial charge in [-0.15, -0.1) is 0 Å². The quantitative estimate of drug-likeness (QED) is 0.220. The van der Waals surface area contributed by atoms with Crippen molar-refractivity contribution >= 4 is 22.4 Å². The van der Waals surface area contributed by atoms with Gasteiger partial charge in [-0.05, 0) is 106 Å². The first-order valence-electron chi connectivity index (χ1n) is 15.0. The van der Waals surface area contributed by atoms with Crippen LogP contribution in [0.4, 0.5) is 5.82 Å². The van der Waals surface area contributed by atoms with E-state index < -0.39 is 0 Å². The molecule has 1 saturated carbocycles. The summed E-state index contributed by atoms with van der Waals surface area (Å²) in [6, 6.07) is 15.8. The fourth-order valence-corrected chi connectivity index (χ4v) is 6.04. The summed E-state index contributed by atoms with van der Waals surface area (Å²) in [5.74, 6) is 2.54. The van der Waals surface area contributed by atoms with Crippen molar-refractivity contribution in [3.63, 3.8) is 0 Å². The fourth-order valence-electron chi connectivity index (χ4n) is 6.04. The zero-order valence-corrected chi connectivity index (χ0v) is 24.0. The van der Waals surface area contributed by atoms with Crippen molar-refractivity contribution in [2.24, 2.45) is 0 Å². The van der Waals surface area contributed by atoms with E-state index in [2.05, 4.69) is 87.9 Å². The highest BCUT2D eigenvalue weighted by atomic mass is 16.3. The topological polar surface area (TPSA) is 68.1 Å². The third-order valence-electron chi connectivity index (χ3n) is 8.25. The molecule has 213 valence electrons. The van der Waals surface area contributed by atoms with Crippen LogP contribution in [-0.2, 0) is 6.54 Å². The monoisotopic (exact) mass is 549 g/mol. The van der Waals surface area contributed by atoms with E-state index in [0.717, 1.165) is 88.6 Å². The molecule has 1 aliphatic carbocycles. The summed E-state index contributed by atoms with van der Waals surface area (Å²) in [4.78, 5) is 10.3. The molecule has 2 aromatic carbocycles. The first-order valence-corrected chi connectivity index (χ1v) is 15.0. The van der Waals surface area contributed by atoms with Gasteiger partial charge in [0.2, 0.25) is 0 Å². The molecule has 5 radical (unpaired) electrons. The summed E-state index contributed by atoms with van der Waals surface area (Å²) in [5, 5.41) is 16.6. The van der Waals surface area contributed by atoms with Gasteiger partial charge in [-0.25, -0.2) is 4.98 Å². The van der Waals surface area contributed by atoms with Crippen LogP contribution in [0.3, 0.4) is 0 Å². The van der Waals surface area contributed by atoms with E-state index >= 15 is 0 Å². The maximum atomic E-state index is 9.41. The number of benzene rings is 2. The van der Waals surface area contributed by atoms with E-state index in [1.54, 1.807) is 12.1 Å². The molecule has 0 spiro atoms. The Morgan fingerprint density at radius 1 is 0.854 bits per heavy atom. The Labute approximate surface area is 244 Å². The molecule has 1 saturated heterocycles. The number of anilines is 1. The molecule has 2 aliphatic rings. The van der Waals surface area contributed by atoms with Gasteiger partial charge in [-0.2, -0.15) is 0 Å². The van der Waals surface area contributed by atoms with Gasteiger partial charge in [0.25, 0.3) is 0 Å². The molecule has 1 aliphatic heterocycles. The highest BCUT2D eigenvalue weighted by Gasteiger charge is 2.26. The number of aromatic hydroxyl groups is 1. The normalized spacial score (nSPS) is 17.2. The Morgan fingerprint density at radius 3 is 2.27 bits per heavy atom. The molecule has 4 aromatic rings. The van der Waals surface area contributed by atoms with Gasteiger partial charge in [-0.1, -0.05) is 24.3 Å². The minimum absolute atomic E-state index is 0.322. The van der Waals surface area contributed by atoms with Crippen molar-refractivity contribution in [3.05, 3.63) is 103 Å². The molecule has 3 heterocycles. The second kappa shape index (κ2) is 13.2. The molecule has 0 bridgehead atoms.